The Morgan fingerprint density at radius 1 is 1.15 bits per heavy atom. The molecule has 1 amide bonds. The van der Waals surface area contributed by atoms with Gasteiger partial charge in [0.25, 0.3) is 0 Å². The van der Waals surface area contributed by atoms with E-state index in [1.54, 1.807) is 24.3 Å². The van der Waals surface area contributed by atoms with Gasteiger partial charge in [0.2, 0.25) is 12.7 Å². The van der Waals surface area contributed by atoms with Crippen molar-refractivity contribution in [2.24, 2.45) is 0 Å². The van der Waals surface area contributed by atoms with Crippen LogP contribution in [0.1, 0.15) is 15.9 Å². The molecule has 1 aliphatic rings. The zero-order chi connectivity index (χ0) is 18.5. The summed E-state index contributed by atoms with van der Waals surface area (Å²) in [5, 5.41) is 2.76. The standard InChI is InChI=1S/C19H20N2O5/c1-21(10-13-7-8-16-17(9-13)26-12-25-16)11-18(22)20-15-6-4-3-5-14(15)19(23)24-2/h3-9H,10-12H2,1-2H3,(H,20,22). The quantitative estimate of drug-likeness (QED) is 0.800. The number of esters is 1. The van der Waals surface area contributed by atoms with Gasteiger partial charge in [0, 0.05) is 6.54 Å². The molecule has 0 unspecified atom stereocenters. The number of amides is 1. The lowest BCUT2D eigenvalue weighted by molar-refractivity contribution is -0.117. The van der Waals surface area contributed by atoms with E-state index in [1.807, 2.05) is 30.1 Å². The number of fused-ring (bicyclic) bond motifs is 1. The molecule has 0 aliphatic carbocycles. The zero-order valence-electron chi connectivity index (χ0n) is 14.7. The van der Waals surface area contributed by atoms with Gasteiger partial charge in [-0.05, 0) is 36.9 Å². The Morgan fingerprint density at radius 2 is 1.92 bits per heavy atom. The van der Waals surface area contributed by atoms with E-state index in [2.05, 4.69) is 5.32 Å². The zero-order valence-corrected chi connectivity index (χ0v) is 14.7. The number of para-hydroxylation sites is 1. The lowest BCUT2D eigenvalue weighted by Gasteiger charge is -2.17. The van der Waals surface area contributed by atoms with E-state index in [9.17, 15) is 9.59 Å². The summed E-state index contributed by atoms with van der Waals surface area (Å²) in [6.45, 7) is 0.975. The van der Waals surface area contributed by atoms with Crippen LogP contribution < -0.4 is 14.8 Å². The van der Waals surface area contributed by atoms with Gasteiger partial charge in [-0.3, -0.25) is 9.69 Å². The van der Waals surface area contributed by atoms with E-state index >= 15 is 0 Å². The van der Waals surface area contributed by atoms with Crippen LogP contribution in [0.4, 0.5) is 5.69 Å². The predicted molar refractivity (Wildman–Crippen MR) is 95.3 cm³/mol. The fourth-order valence-electron chi connectivity index (χ4n) is 2.72. The van der Waals surface area contributed by atoms with Crippen LogP contribution in [0.2, 0.25) is 0 Å². The molecule has 2 aromatic rings. The molecule has 2 aromatic carbocycles. The molecule has 1 N–H and O–H groups in total. The van der Waals surface area contributed by atoms with Crippen LogP contribution in [0.3, 0.4) is 0 Å². The van der Waals surface area contributed by atoms with Crippen LogP contribution in [0.25, 0.3) is 0 Å². The van der Waals surface area contributed by atoms with Crippen molar-refractivity contribution >= 4 is 17.6 Å². The van der Waals surface area contributed by atoms with E-state index in [1.165, 1.54) is 7.11 Å². The van der Waals surface area contributed by atoms with E-state index < -0.39 is 5.97 Å². The van der Waals surface area contributed by atoms with Gasteiger partial charge in [0.15, 0.2) is 11.5 Å². The molecule has 0 radical (unpaired) electrons. The topological polar surface area (TPSA) is 77.1 Å². The first-order valence-corrected chi connectivity index (χ1v) is 8.11. The van der Waals surface area contributed by atoms with Crippen molar-refractivity contribution in [2.45, 2.75) is 6.54 Å². The first-order valence-electron chi connectivity index (χ1n) is 8.11. The highest BCUT2D eigenvalue weighted by Crippen LogP contribution is 2.32. The molecule has 0 aromatic heterocycles. The SMILES string of the molecule is COC(=O)c1ccccc1NC(=O)CN(C)Cc1ccc2c(c1)OCO2. The maximum atomic E-state index is 12.3. The van der Waals surface area contributed by atoms with Crippen molar-refractivity contribution < 1.29 is 23.8 Å². The highest BCUT2D eigenvalue weighted by molar-refractivity contribution is 6.01. The first-order chi connectivity index (χ1) is 12.6. The molecule has 1 heterocycles. The van der Waals surface area contributed by atoms with Crippen molar-refractivity contribution in [3.63, 3.8) is 0 Å². The maximum absolute atomic E-state index is 12.3. The Labute approximate surface area is 151 Å². The summed E-state index contributed by atoms with van der Waals surface area (Å²) >= 11 is 0. The van der Waals surface area contributed by atoms with Gasteiger partial charge in [0.1, 0.15) is 0 Å². The van der Waals surface area contributed by atoms with Crippen LogP contribution in [0.15, 0.2) is 42.5 Å². The Hall–Kier alpha value is -3.06. The third-order valence-corrected chi connectivity index (χ3v) is 3.91. The van der Waals surface area contributed by atoms with Crippen LogP contribution in [0.5, 0.6) is 11.5 Å². The molecular weight excluding hydrogens is 336 g/mol. The molecule has 7 heteroatoms. The number of carbonyl (C=O) groups is 2. The smallest absolute Gasteiger partial charge is 0.339 e. The van der Waals surface area contributed by atoms with Crippen LogP contribution in [0, 0.1) is 0 Å². The van der Waals surface area contributed by atoms with Crippen LogP contribution in [-0.2, 0) is 16.1 Å². The summed E-state index contributed by atoms with van der Waals surface area (Å²) in [7, 11) is 3.15. The Morgan fingerprint density at radius 3 is 2.73 bits per heavy atom. The molecule has 0 atom stereocenters. The first kappa shape index (κ1) is 17.8. The molecule has 0 saturated carbocycles. The highest BCUT2D eigenvalue weighted by Gasteiger charge is 2.16. The molecule has 0 bridgehead atoms. The fraction of sp³-hybridized carbons (Fsp3) is 0.263. The van der Waals surface area contributed by atoms with E-state index in [-0.39, 0.29) is 19.2 Å². The van der Waals surface area contributed by atoms with Gasteiger partial charge in [-0.2, -0.15) is 0 Å². The number of hydrogen-bond donors (Lipinski definition) is 1. The summed E-state index contributed by atoms with van der Waals surface area (Å²) < 4.78 is 15.4. The number of rotatable bonds is 6. The molecule has 3 rings (SSSR count). The molecule has 7 nitrogen and oxygen atoms in total. The maximum Gasteiger partial charge on any atom is 0.339 e. The molecule has 0 saturated heterocycles. The van der Waals surface area contributed by atoms with E-state index in [4.69, 9.17) is 14.2 Å². The normalized spacial score (nSPS) is 12.1. The largest absolute Gasteiger partial charge is 0.465 e. The lowest BCUT2D eigenvalue weighted by Crippen LogP contribution is -2.30. The minimum atomic E-state index is -0.491. The minimum Gasteiger partial charge on any atom is -0.465 e. The second-order valence-corrected chi connectivity index (χ2v) is 5.95. The molecule has 26 heavy (non-hydrogen) atoms. The van der Waals surface area contributed by atoms with Crippen molar-refractivity contribution in [3.8, 4) is 11.5 Å². The molecule has 0 fully saturated rings. The van der Waals surface area contributed by atoms with E-state index in [0.717, 1.165) is 11.3 Å². The summed E-state index contributed by atoms with van der Waals surface area (Å²) in [5.41, 5.74) is 1.77. The number of benzene rings is 2. The number of carbonyl (C=O) groups excluding carboxylic acids is 2. The Balaban J connectivity index is 1.59. The number of ether oxygens (including phenoxy) is 3. The van der Waals surface area contributed by atoms with Gasteiger partial charge in [-0.15, -0.1) is 0 Å². The van der Waals surface area contributed by atoms with Crippen molar-refractivity contribution in [3.05, 3.63) is 53.6 Å². The van der Waals surface area contributed by atoms with Crippen molar-refractivity contribution in [1.82, 2.24) is 4.90 Å². The monoisotopic (exact) mass is 356 g/mol. The summed E-state index contributed by atoms with van der Waals surface area (Å²) in [6.07, 6.45) is 0. The number of nitrogens with one attached hydrogen (secondary N) is 1. The number of methoxy groups -OCH3 is 1. The van der Waals surface area contributed by atoms with Gasteiger partial charge >= 0.3 is 5.97 Å². The Kier molecular flexibility index (Phi) is 5.38. The molecule has 136 valence electrons. The second-order valence-electron chi connectivity index (χ2n) is 5.95. The summed E-state index contributed by atoms with van der Waals surface area (Å²) in [6, 6.07) is 12.4. The van der Waals surface area contributed by atoms with Crippen molar-refractivity contribution in [2.75, 3.05) is 32.8 Å². The lowest BCUT2D eigenvalue weighted by atomic mass is 10.1. The predicted octanol–water partition coefficient (Wildman–Crippen LogP) is 2.27. The van der Waals surface area contributed by atoms with Gasteiger partial charge < -0.3 is 19.5 Å². The van der Waals surface area contributed by atoms with Crippen LogP contribution in [-0.4, -0.2) is 44.3 Å². The van der Waals surface area contributed by atoms with Gasteiger partial charge in [0.05, 0.1) is 24.9 Å². The second kappa shape index (κ2) is 7.88. The third-order valence-electron chi connectivity index (χ3n) is 3.91. The van der Waals surface area contributed by atoms with E-state index in [0.29, 0.717) is 23.5 Å². The third kappa shape index (κ3) is 4.12. The number of nitrogens with zero attached hydrogens (tertiary/aromatic N) is 1. The van der Waals surface area contributed by atoms with Crippen LogP contribution >= 0.6 is 0 Å². The number of hydrogen-bond acceptors (Lipinski definition) is 6. The number of anilines is 1. The Bertz CT molecular complexity index is 821. The fourth-order valence-corrected chi connectivity index (χ4v) is 2.72. The van der Waals surface area contributed by atoms with Gasteiger partial charge in [-0.25, -0.2) is 4.79 Å². The summed E-state index contributed by atoms with van der Waals surface area (Å²) in [4.78, 5) is 25.9. The molecular formula is C19H20N2O5. The number of likely N-dealkylation sites (N-methyl/N-ethyl adjacent to an activating group) is 1. The minimum absolute atomic E-state index is 0.171. The molecule has 0 spiro atoms. The summed E-state index contributed by atoms with van der Waals surface area (Å²) in [5.74, 6) is 0.736. The van der Waals surface area contributed by atoms with Crippen molar-refractivity contribution in [1.29, 1.82) is 0 Å². The highest BCUT2D eigenvalue weighted by atomic mass is 16.7. The average Bonchev–Trinajstić information content (AvgIpc) is 3.09. The van der Waals surface area contributed by atoms with Gasteiger partial charge in [-0.1, -0.05) is 18.2 Å². The molecule has 1 aliphatic heterocycles. The average molecular weight is 356 g/mol.